The first-order chi connectivity index (χ1) is 11.8. The van der Waals surface area contributed by atoms with Crippen molar-refractivity contribution in [3.05, 3.63) is 64.7 Å². The third-order valence-corrected chi connectivity index (χ3v) is 4.24. The Balaban J connectivity index is 2.11. The van der Waals surface area contributed by atoms with Gasteiger partial charge in [0.2, 0.25) is 0 Å². The van der Waals surface area contributed by atoms with Gasteiger partial charge in [-0.1, -0.05) is 23.8 Å². The molecular weight excluding hydrogens is 318 g/mol. The highest BCUT2D eigenvalue weighted by Crippen LogP contribution is 2.25. The van der Waals surface area contributed by atoms with Crippen LogP contribution in [0.25, 0.3) is 0 Å². The number of carboxylic acid groups (broad SMARTS) is 1. The number of carboxylic acids is 1. The van der Waals surface area contributed by atoms with Gasteiger partial charge in [0.05, 0.1) is 6.04 Å². The van der Waals surface area contributed by atoms with Crippen molar-refractivity contribution in [1.29, 1.82) is 0 Å². The Kier molecular flexibility index (Phi) is 5.80. The maximum absolute atomic E-state index is 12.7. The van der Waals surface area contributed by atoms with E-state index in [4.69, 9.17) is 9.84 Å². The molecule has 0 fully saturated rings. The van der Waals surface area contributed by atoms with Crippen LogP contribution in [-0.2, 0) is 4.79 Å². The zero-order valence-corrected chi connectivity index (χ0v) is 14.9. The van der Waals surface area contributed by atoms with Crippen LogP contribution in [-0.4, -0.2) is 35.5 Å². The van der Waals surface area contributed by atoms with Gasteiger partial charge < -0.3 is 14.7 Å². The molecule has 0 spiro atoms. The van der Waals surface area contributed by atoms with Gasteiger partial charge in [-0.25, -0.2) is 4.79 Å². The summed E-state index contributed by atoms with van der Waals surface area (Å²) in [4.78, 5) is 24.9. The first-order valence-corrected chi connectivity index (χ1v) is 8.08. The van der Waals surface area contributed by atoms with Crippen LogP contribution in [0.15, 0.2) is 42.5 Å². The van der Waals surface area contributed by atoms with Crippen molar-refractivity contribution in [2.45, 2.75) is 26.8 Å². The molecule has 0 saturated carbocycles. The monoisotopic (exact) mass is 341 g/mol. The molecule has 2 rings (SSSR count). The molecule has 0 aromatic heterocycles. The fourth-order valence-electron chi connectivity index (χ4n) is 2.72. The molecule has 0 aliphatic heterocycles. The van der Waals surface area contributed by atoms with Crippen LogP contribution < -0.4 is 4.74 Å². The van der Waals surface area contributed by atoms with Crippen molar-refractivity contribution in [2.75, 3.05) is 13.7 Å². The predicted octanol–water partition coefficient (Wildman–Crippen LogP) is 3.60. The minimum atomic E-state index is -1.04. The zero-order valence-electron chi connectivity index (χ0n) is 14.9. The molecule has 0 heterocycles. The lowest BCUT2D eigenvalue weighted by molar-refractivity contribution is -0.139. The predicted molar refractivity (Wildman–Crippen MR) is 96.0 cm³/mol. The Labute approximate surface area is 147 Å². The maximum atomic E-state index is 12.7. The molecule has 2 aromatic carbocycles. The van der Waals surface area contributed by atoms with E-state index in [2.05, 4.69) is 12.1 Å². The second kappa shape index (κ2) is 7.83. The van der Waals surface area contributed by atoms with E-state index in [1.54, 1.807) is 36.2 Å². The first kappa shape index (κ1) is 18.5. The second-order valence-electron chi connectivity index (χ2n) is 6.16. The summed E-state index contributed by atoms with van der Waals surface area (Å²) in [5.41, 5.74) is 3.99. The number of aliphatic carboxylic acids is 1. The molecule has 1 amide bonds. The quantitative estimate of drug-likeness (QED) is 0.872. The standard InChI is InChI=1S/C20H23NO4/c1-13-5-10-18(14(2)11-13)15(3)21(4)20(24)16-6-8-17(9-7-16)25-12-19(22)23/h5-11,15H,12H2,1-4H3,(H,22,23). The van der Waals surface area contributed by atoms with Crippen LogP contribution in [0.3, 0.4) is 0 Å². The Morgan fingerprint density at radius 3 is 2.32 bits per heavy atom. The molecule has 0 radical (unpaired) electrons. The van der Waals surface area contributed by atoms with Crippen molar-refractivity contribution in [2.24, 2.45) is 0 Å². The number of hydrogen-bond donors (Lipinski definition) is 1. The van der Waals surface area contributed by atoms with Crippen LogP contribution in [0, 0.1) is 13.8 Å². The van der Waals surface area contributed by atoms with Crippen LogP contribution in [0.4, 0.5) is 0 Å². The number of nitrogens with zero attached hydrogens (tertiary/aromatic N) is 1. The maximum Gasteiger partial charge on any atom is 0.341 e. The van der Waals surface area contributed by atoms with Crippen LogP contribution in [0.2, 0.25) is 0 Å². The van der Waals surface area contributed by atoms with Gasteiger partial charge in [-0.05, 0) is 56.2 Å². The molecule has 0 aliphatic carbocycles. The Morgan fingerprint density at radius 2 is 1.76 bits per heavy atom. The number of carbonyl (C=O) groups excluding carboxylic acids is 1. The summed E-state index contributed by atoms with van der Waals surface area (Å²) in [5.74, 6) is -0.719. The van der Waals surface area contributed by atoms with Crippen molar-refractivity contribution in [1.82, 2.24) is 4.90 Å². The molecule has 1 atom stereocenters. The molecule has 1 N–H and O–H groups in total. The van der Waals surface area contributed by atoms with E-state index in [-0.39, 0.29) is 11.9 Å². The summed E-state index contributed by atoms with van der Waals surface area (Å²) in [7, 11) is 1.78. The van der Waals surface area contributed by atoms with Crippen LogP contribution in [0.1, 0.15) is 40.0 Å². The van der Waals surface area contributed by atoms with Crippen LogP contribution >= 0.6 is 0 Å². The SMILES string of the molecule is Cc1ccc(C(C)N(C)C(=O)c2ccc(OCC(=O)O)cc2)c(C)c1. The zero-order chi connectivity index (χ0) is 18.6. The number of hydrogen-bond acceptors (Lipinski definition) is 3. The lowest BCUT2D eigenvalue weighted by Gasteiger charge is -2.27. The normalized spacial score (nSPS) is 11.7. The van der Waals surface area contributed by atoms with E-state index in [0.29, 0.717) is 11.3 Å². The lowest BCUT2D eigenvalue weighted by Crippen LogP contribution is -2.30. The molecular formula is C20H23NO4. The van der Waals surface area contributed by atoms with Crippen molar-refractivity contribution < 1.29 is 19.4 Å². The molecule has 0 saturated heterocycles. The van der Waals surface area contributed by atoms with Gasteiger partial charge in [-0.2, -0.15) is 0 Å². The van der Waals surface area contributed by atoms with Gasteiger partial charge >= 0.3 is 5.97 Å². The van der Waals surface area contributed by atoms with Gasteiger partial charge in [-0.3, -0.25) is 4.79 Å². The number of aryl methyl sites for hydroxylation is 2. The number of ether oxygens (including phenoxy) is 1. The molecule has 2 aromatic rings. The van der Waals surface area contributed by atoms with Gasteiger partial charge in [0.25, 0.3) is 5.91 Å². The van der Waals surface area contributed by atoms with Crippen molar-refractivity contribution in [3.63, 3.8) is 0 Å². The average Bonchev–Trinajstić information content (AvgIpc) is 2.58. The highest BCUT2D eigenvalue weighted by molar-refractivity contribution is 5.94. The second-order valence-corrected chi connectivity index (χ2v) is 6.16. The molecule has 5 heteroatoms. The van der Waals surface area contributed by atoms with E-state index >= 15 is 0 Å². The summed E-state index contributed by atoms with van der Waals surface area (Å²) in [6, 6.07) is 12.6. The van der Waals surface area contributed by atoms with E-state index in [9.17, 15) is 9.59 Å². The van der Waals surface area contributed by atoms with Crippen molar-refractivity contribution in [3.8, 4) is 5.75 Å². The largest absolute Gasteiger partial charge is 0.482 e. The molecule has 5 nitrogen and oxygen atoms in total. The molecule has 132 valence electrons. The third kappa shape index (κ3) is 4.59. The van der Waals surface area contributed by atoms with Crippen LogP contribution in [0.5, 0.6) is 5.75 Å². The first-order valence-electron chi connectivity index (χ1n) is 8.08. The number of amides is 1. The summed E-state index contributed by atoms with van der Waals surface area (Å²) < 4.78 is 5.08. The lowest BCUT2D eigenvalue weighted by atomic mass is 9.99. The van der Waals surface area contributed by atoms with E-state index in [1.807, 2.05) is 26.8 Å². The smallest absolute Gasteiger partial charge is 0.341 e. The summed E-state index contributed by atoms with van der Waals surface area (Å²) in [6.45, 7) is 5.69. The topological polar surface area (TPSA) is 66.8 Å². The van der Waals surface area contributed by atoms with Gasteiger partial charge in [0, 0.05) is 12.6 Å². The molecule has 25 heavy (non-hydrogen) atoms. The Morgan fingerprint density at radius 1 is 1.12 bits per heavy atom. The average molecular weight is 341 g/mol. The molecule has 0 bridgehead atoms. The fraction of sp³-hybridized carbons (Fsp3) is 0.300. The van der Waals surface area contributed by atoms with E-state index in [0.717, 1.165) is 11.1 Å². The summed E-state index contributed by atoms with van der Waals surface area (Å²) in [5, 5.41) is 8.61. The Hall–Kier alpha value is -2.82. The van der Waals surface area contributed by atoms with E-state index < -0.39 is 12.6 Å². The number of rotatable bonds is 6. The van der Waals surface area contributed by atoms with Gasteiger partial charge in [-0.15, -0.1) is 0 Å². The molecule has 0 aliphatic rings. The molecule has 1 unspecified atom stereocenters. The minimum absolute atomic E-state index is 0.0592. The summed E-state index contributed by atoms with van der Waals surface area (Å²) in [6.07, 6.45) is 0. The number of carbonyl (C=O) groups is 2. The Bertz CT molecular complexity index is 768. The van der Waals surface area contributed by atoms with Gasteiger partial charge in [0.1, 0.15) is 5.75 Å². The third-order valence-electron chi connectivity index (χ3n) is 4.24. The van der Waals surface area contributed by atoms with Crippen molar-refractivity contribution >= 4 is 11.9 Å². The van der Waals surface area contributed by atoms with Gasteiger partial charge in [0.15, 0.2) is 6.61 Å². The number of benzene rings is 2. The highest BCUT2D eigenvalue weighted by Gasteiger charge is 2.20. The fourth-order valence-corrected chi connectivity index (χ4v) is 2.72. The highest BCUT2D eigenvalue weighted by atomic mass is 16.5. The minimum Gasteiger partial charge on any atom is -0.482 e. The summed E-state index contributed by atoms with van der Waals surface area (Å²) >= 11 is 0. The van der Waals surface area contributed by atoms with E-state index in [1.165, 1.54) is 5.56 Å².